The fourth-order valence-corrected chi connectivity index (χ4v) is 2.33. The molecule has 1 N–H and O–H groups in total. The Bertz CT molecular complexity index is 509. The Hall–Kier alpha value is -2.08. The molecule has 1 aliphatic carbocycles. The van der Waals surface area contributed by atoms with Crippen LogP contribution in [-0.2, 0) is 0 Å². The Balaban J connectivity index is 2.10. The third kappa shape index (κ3) is 4.19. The molecule has 6 nitrogen and oxygen atoms in total. The van der Waals surface area contributed by atoms with Crippen LogP contribution in [0.25, 0.3) is 0 Å². The van der Waals surface area contributed by atoms with Gasteiger partial charge in [-0.25, -0.2) is 0 Å². The quantitative estimate of drug-likeness (QED) is 0.495. The Kier molecular flexibility index (Phi) is 5.16. The number of rotatable bonds is 6. The molecular weight excluding hydrogens is 274 g/mol. The Morgan fingerprint density at radius 1 is 1.38 bits per heavy atom. The number of nitro benzene ring substituents is 1. The van der Waals surface area contributed by atoms with Crippen molar-refractivity contribution in [3.05, 3.63) is 41.0 Å². The zero-order valence-electron chi connectivity index (χ0n) is 11.7. The third-order valence-electron chi connectivity index (χ3n) is 3.43. The molecule has 0 aromatic heterocycles. The summed E-state index contributed by atoms with van der Waals surface area (Å²) >= 11 is 0. The summed E-state index contributed by atoms with van der Waals surface area (Å²) in [6, 6.07) is 4.56. The fraction of sp³-hybridized carbons (Fsp3) is 0.467. The minimum atomic E-state index is -0.478. The first-order valence-corrected chi connectivity index (χ1v) is 6.97. The third-order valence-corrected chi connectivity index (χ3v) is 3.43. The van der Waals surface area contributed by atoms with E-state index in [1.165, 1.54) is 6.07 Å². The molecule has 0 heterocycles. The van der Waals surface area contributed by atoms with Gasteiger partial charge in [-0.1, -0.05) is 12.7 Å². The van der Waals surface area contributed by atoms with Gasteiger partial charge in [-0.3, -0.25) is 10.1 Å². The smallest absolute Gasteiger partial charge is 0.314 e. The zero-order valence-corrected chi connectivity index (χ0v) is 11.7. The van der Waals surface area contributed by atoms with Crippen LogP contribution in [0.3, 0.4) is 0 Å². The number of nitrogens with zero attached hydrogens (tertiary/aromatic N) is 1. The first-order chi connectivity index (χ1) is 10.1. The summed E-state index contributed by atoms with van der Waals surface area (Å²) in [7, 11) is 0. The monoisotopic (exact) mass is 293 g/mol. The van der Waals surface area contributed by atoms with Gasteiger partial charge in [0.2, 0.25) is 0 Å². The Morgan fingerprint density at radius 3 is 2.71 bits per heavy atom. The second-order valence-electron chi connectivity index (χ2n) is 5.03. The number of benzene rings is 1. The molecule has 0 spiro atoms. The van der Waals surface area contributed by atoms with Crippen LogP contribution in [-0.4, -0.2) is 28.8 Å². The lowest BCUT2D eigenvalue weighted by Gasteiger charge is -2.26. The van der Waals surface area contributed by atoms with Crippen molar-refractivity contribution in [1.29, 1.82) is 0 Å². The average molecular weight is 293 g/mol. The molecule has 2 rings (SSSR count). The summed E-state index contributed by atoms with van der Waals surface area (Å²) in [6.45, 7) is 3.82. The van der Waals surface area contributed by atoms with Crippen LogP contribution in [0.15, 0.2) is 30.9 Å². The normalized spacial score (nSPS) is 21.6. The minimum Gasteiger partial charge on any atom is -0.489 e. The molecule has 1 fully saturated rings. The highest BCUT2D eigenvalue weighted by Crippen LogP contribution is 2.34. The number of nitro groups is 1. The van der Waals surface area contributed by atoms with Gasteiger partial charge in [0.1, 0.15) is 12.4 Å². The summed E-state index contributed by atoms with van der Waals surface area (Å²) < 4.78 is 11.0. The van der Waals surface area contributed by atoms with Crippen LogP contribution in [0.5, 0.6) is 11.5 Å². The Morgan fingerprint density at radius 2 is 2.10 bits per heavy atom. The fourth-order valence-electron chi connectivity index (χ4n) is 2.33. The Labute approximate surface area is 123 Å². The molecule has 21 heavy (non-hydrogen) atoms. The van der Waals surface area contributed by atoms with Crippen molar-refractivity contribution in [1.82, 2.24) is 0 Å². The molecule has 1 aromatic rings. The molecular formula is C15H19NO5. The van der Waals surface area contributed by atoms with E-state index in [9.17, 15) is 15.2 Å². The maximum Gasteiger partial charge on any atom is 0.314 e. The van der Waals surface area contributed by atoms with Crippen LogP contribution in [0, 0.1) is 10.1 Å². The number of hydrogen-bond acceptors (Lipinski definition) is 5. The number of aliphatic hydroxyl groups is 1. The van der Waals surface area contributed by atoms with E-state index in [2.05, 4.69) is 6.58 Å². The van der Waals surface area contributed by atoms with Crippen molar-refractivity contribution < 1.29 is 19.5 Å². The van der Waals surface area contributed by atoms with Crippen LogP contribution >= 0.6 is 0 Å². The number of ether oxygens (including phenoxy) is 2. The lowest BCUT2D eigenvalue weighted by molar-refractivity contribution is -0.386. The minimum absolute atomic E-state index is 0.0907. The highest BCUT2D eigenvalue weighted by atomic mass is 16.6. The molecule has 0 amide bonds. The number of aliphatic hydroxyl groups excluding tert-OH is 1. The van der Waals surface area contributed by atoms with E-state index in [0.717, 1.165) is 0 Å². The molecule has 1 saturated carbocycles. The highest BCUT2D eigenvalue weighted by molar-refractivity contribution is 5.51. The van der Waals surface area contributed by atoms with Gasteiger partial charge in [-0.05, 0) is 37.8 Å². The van der Waals surface area contributed by atoms with Gasteiger partial charge in [0.25, 0.3) is 0 Å². The molecule has 0 saturated heterocycles. The van der Waals surface area contributed by atoms with Crippen LogP contribution in [0.4, 0.5) is 5.69 Å². The lowest BCUT2D eigenvalue weighted by Crippen LogP contribution is -2.26. The van der Waals surface area contributed by atoms with Gasteiger partial charge < -0.3 is 14.6 Å². The second kappa shape index (κ2) is 7.08. The average Bonchev–Trinajstić information content (AvgIpc) is 2.48. The predicted molar refractivity (Wildman–Crippen MR) is 77.7 cm³/mol. The van der Waals surface area contributed by atoms with Gasteiger partial charge in [0, 0.05) is 0 Å². The van der Waals surface area contributed by atoms with Gasteiger partial charge in [-0.2, -0.15) is 0 Å². The van der Waals surface area contributed by atoms with Gasteiger partial charge in [0.05, 0.1) is 23.2 Å². The molecule has 1 aliphatic rings. The van der Waals surface area contributed by atoms with E-state index in [1.54, 1.807) is 18.2 Å². The van der Waals surface area contributed by atoms with Crippen molar-refractivity contribution in [2.45, 2.75) is 37.9 Å². The van der Waals surface area contributed by atoms with E-state index < -0.39 is 4.92 Å². The lowest BCUT2D eigenvalue weighted by atomic mass is 9.95. The number of hydrogen-bond donors (Lipinski definition) is 1. The van der Waals surface area contributed by atoms with Crippen LogP contribution in [0.1, 0.15) is 25.7 Å². The van der Waals surface area contributed by atoms with E-state index in [-0.39, 0.29) is 30.3 Å². The zero-order chi connectivity index (χ0) is 15.2. The molecule has 0 atom stereocenters. The molecule has 114 valence electrons. The summed E-state index contributed by atoms with van der Waals surface area (Å²) in [5, 5.41) is 20.6. The first-order valence-electron chi connectivity index (χ1n) is 6.97. The van der Waals surface area contributed by atoms with Crippen molar-refractivity contribution in [3.63, 3.8) is 0 Å². The topological polar surface area (TPSA) is 81.8 Å². The summed E-state index contributed by atoms with van der Waals surface area (Å²) in [4.78, 5) is 10.7. The maximum absolute atomic E-state index is 11.2. The summed E-state index contributed by atoms with van der Waals surface area (Å²) in [5.74, 6) is 0.653. The predicted octanol–water partition coefficient (Wildman–Crippen LogP) is 2.84. The van der Waals surface area contributed by atoms with E-state index in [0.29, 0.717) is 31.4 Å². The largest absolute Gasteiger partial charge is 0.489 e. The van der Waals surface area contributed by atoms with Crippen molar-refractivity contribution >= 4 is 5.69 Å². The molecule has 0 radical (unpaired) electrons. The molecule has 0 aliphatic heterocycles. The van der Waals surface area contributed by atoms with E-state index in [1.807, 2.05) is 0 Å². The van der Waals surface area contributed by atoms with Crippen molar-refractivity contribution in [2.75, 3.05) is 6.61 Å². The van der Waals surface area contributed by atoms with Crippen molar-refractivity contribution in [2.24, 2.45) is 0 Å². The molecule has 1 aromatic carbocycles. The highest BCUT2D eigenvalue weighted by Gasteiger charge is 2.24. The van der Waals surface area contributed by atoms with E-state index >= 15 is 0 Å². The summed E-state index contributed by atoms with van der Waals surface area (Å²) in [5.41, 5.74) is -0.109. The van der Waals surface area contributed by atoms with Crippen molar-refractivity contribution in [3.8, 4) is 11.5 Å². The summed E-state index contributed by atoms with van der Waals surface area (Å²) in [6.07, 6.45) is 3.93. The van der Waals surface area contributed by atoms with Gasteiger partial charge in [0.15, 0.2) is 5.75 Å². The molecule has 6 heteroatoms. The standard InChI is InChI=1S/C15H19NO5/c1-2-9-20-13-7-8-15(14(10-13)16(18)19)21-12-5-3-11(17)4-6-12/h2,7-8,10-12,17H,1,3-6,9H2. The van der Waals surface area contributed by atoms with Crippen LogP contribution in [0.2, 0.25) is 0 Å². The van der Waals surface area contributed by atoms with Crippen LogP contribution < -0.4 is 9.47 Å². The van der Waals surface area contributed by atoms with Gasteiger partial charge in [-0.15, -0.1) is 0 Å². The van der Waals surface area contributed by atoms with Gasteiger partial charge >= 0.3 is 5.69 Å². The first kappa shape index (κ1) is 15.3. The molecule has 0 bridgehead atoms. The molecule has 0 unspecified atom stereocenters. The maximum atomic E-state index is 11.2. The van der Waals surface area contributed by atoms with E-state index in [4.69, 9.17) is 9.47 Å². The second-order valence-corrected chi connectivity index (χ2v) is 5.03. The SMILES string of the molecule is C=CCOc1ccc(OC2CCC(O)CC2)c([N+](=O)[O-])c1.